The third kappa shape index (κ3) is 3.31. The smallest absolute Gasteiger partial charge is 0.166 e. The van der Waals surface area contributed by atoms with Crippen LogP contribution in [0.3, 0.4) is 0 Å². The predicted octanol–water partition coefficient (Wildman–Crippen LogP) is 7.01. The molecule has 0 aliphatic heterocycles. The topological polar surface area (TPSA) is 0 Å². The summed E-state index contributed by atoms with van der Waals surface area (Å²) in [5, 5.41) is 0. The monoisotopic (exact) mass is 360 g/mol. The van der Waals surface area contributed by atoms with E-state index in [4.69, 9.17) is 0 Å². The maximum atomic E-state index is 13.0. The van der Waals surface area contributed by atoms with E-state index in [1.807, 2.05) is 36.4 Å². The maximum absolute atomic E-state index is 13.0. The molecule has 3 aromatic carbocycles. The Balaban J connectivity index is 2.21. The van der Waals surface area contributed by atoms with Gasteiger partial charge in [0.15, 0.2) is 0 Å². The zero-order chi connectivity index (χ0) is 17.9. The van der Waals surface area contributed by atoms with E-state index in [0.29, 0.717) is 0 Å². The fraction of sp³-hybridized carbons (Fsp3) is 0.143. The molecule has 0 aromatic heterocycles. The molecule has 3 aromatic rings. The highest BCUT2D eigenvalue weighted by Gasteiger charge is 2.33. The van der Waals surface area contributed by atoms with Crippen LogP contribution in [0.5, 0.6) is 0 Å². The van der Waals surface area contributed by atoms with E-state index in [1.165, 1.54) is 12.1 Å². The molecule has 0 spiro atoms. The second kappa shape index (κ2) is 6.96. The molecule has 0 fully saturated rings. The molecule has 0 radical (unpaired) electrons. The van der Waals surface area contributed by atoms with Crippen LogP contribution in [0, 0.1) is 0 Å². The number of halogens is 3. The van der Waals surface area contributed by atoms with Crippen LogP contribution >= 0.6 is 10.0 Å². The van der Waals surface area contributed by atoms with Gasteiger partial charge >= 0.3 is 6.18 Å². The number of alkyl halides is 3. The maximum Gasteiger partial charge on any atom is 0.416 e. The molecule has 0 unspecified atom stereocenters. The molecule has 25 heavy (non-hydrogen) atoms. The molecule has 3 rings (SSSR count). The second-order valence-electron chi connectivity index (χ2n) is 5.68. The normalized spacial score (nSPS) is 12.8. The summed E-state index contributed by atoms with van der Waals surface area (Å²) in [6, 6.07) is 25.8. The first-order chi connectivity index (χ1) is 12.0. The molecular formula is C21H19F3S. The van der Waals surface area contributed by atoms with E-state index in [1.54, 1.807) is 12.1 Å². The Morgan fingerprint density at radius 1 is 0.640 bits per heavy atom. The summed E-state index contributed by atoms with van der Waals surface area (Å²) >= 11 is 0. The van der Waals surface area contributed by atoms with Crippen LogP contribution in [0.1, 0.15) is 12.5 Å². The summed E-state index contributed by atoms with van der Waals surface area (Å²) in [5.41, 5.74) is -0.609. The first-order valence-corrected chi connectivity index (χ1v) is 9.87. The van der Waals surface area contributed by atoms with Crippen LogP contribution in [-0.4, -0.2) is 5.75 Å². The molecule has 0 N–H and O–H groups in total. The van der Waals surface area contributed by atoms with Crippen molar-refractivity contribution in [3.8, 4) is 0 Å². The summed E-state index contributed by atoms with van der Waals surface area (Å²) in [5.74, 6) is 0.826. The van der Waals surface area contributed by atoms with Crippen molar-refractivity contribution in [3.63, 3.8) is 0 Å². The highest BCUT2D eigenvalue weighted by Crippen LogP contribution is 2.67. The van der Waals surface area contributed by atoms with Crippen molar-refractivity contribution in [2.45, 2.75) is 27.8 Å². The van der Waals surface area contributed by atoms with Gasteiger partial charge in [-0.2, -0.15) is 23.2 Å². The summed E-state index contributed by atoms with van der Waals surface area (Å²) in [7, 11) is -1.60. The molecule has 0 saturated heterocycles. The zero-order valence-corrected chi connectivity index (χ0v) is 14.6. The van der Waals surface area contributed by atoms with Gasteiger partial charge in [-0.05, 0) is 69.0 Å². The lowest BCUT2D eigenvalue weighted by atomic mass is 10.2. The van der Waals surface area contributed by atoms with Gasteiger partial charge in [0, 0.05) is 0 Å². The Labute approximate surface area is 147 Å². The van der Waals surface area contributed by atoms with E-state index in [9.17, 15) is 13.2 Å². The Morgan fingerprint density at radius 3 is 1.40 bits per heavy atom. The van der Waals surface area contributed by atoms with E-state index >= 15 is 0 Å². The third-order valence-corrected chi connectivity index (χ3v) is 8.40. The van der Waals surface area contributed by atoms with Crippen molar-refractivity contribution >= 4 is 10.0 Å². The highest BCUT2D eigenvalue weighted by molar-refractivity contribution is 8.33. The summed E-state index contributed by atoms with van der Waals surface area (Å²) in [4.78, 5) is 3.26. The lowest BCUT2D eigenvalue weighted by Gasteiger charge is -2.40. The van der Waals surface area contributed by atoms with Crippen LogP contribution < -0.4 is 0 Å². The van der Waals surface area contributed by atoms with E-state index < -0.39 is 21.8 Å². The fourth-order valence-electron chi connectivity index (χ4n) is 3.09. The molecule has 0 bridgehead atoms. The zero-order valence-electron chi connectivity index (χ0n) is 13.8. The lowest BCUT2D eigenvalue weighted by Crippen LogP contribution is -2.08. The minimum absolute atomic E-state index is 0.609. The van der Waals surface area contributed by atoms with E-state index in [-0.39, 0.29) is 0 Å². The van der Waals surface area contributed by atoms with Gasteiger partial charge in [0.05, 0.1) is 5.56 Å². The van der Waals surface area contributed by atoms with Gasteiger partial charge in [-0.1, -0.05) is 43.3 Å². The standard InChI is InChI=1S/C21H19F3S/c1-2-25(18-9-5-3-6-10-18,19-11-7-4-8-12-19)20-15-13-17(14-16-20)21(22,23)24/h3-16H,2H2,1H3. The molecule has 0 nitrogen and oxygen atoms in total. The summed E-state index contributed by atoms with van der Waals surface area (Å²) < 4.78 is 38.9. The van der Waals surface area contributed by atoms with Crippen LogP contribution in [0.2, 0.25) is 0 Å². The summed E-state index contributed by atoms with van der Waals surface area (Å²) in [6.07, 6.45) is -4.32. The molecular weight excluding hydrogens is 341 g/mol. The first-order valence-electron chi connectivity index (χ1n) is 8.07. The van der Waals surface area contributed by atoms with Crippen molar-refractivity contribution in [3.05, 3.63) is 90.5 Å². The molecule has 0 amide bonds. The van der Waals surface area contributed by atoms with E-state index in [0.717, 1.165) is 20.4 Å². The van der Waals surface area contributed by atoms with Crippen molar-refractivity contribution in [1.29, 1.82) is 0 Å². The average molecular weight is 360 g/mol. The van der Waals surface area contributed by atoms with Gasteiger partial charge in [-0.3, -0.25) is 0 Å². The molecule has 0 aliphatic rings. The van der Waals surface area contributed by atoms with Crippen molar-refractivity contribution in [2.75, 3.05) is 5.75 Å². The van der Waals surface area contributed by atoms with Crippen molar-refractivity contribution in [1.82, 2.24) is 0 Å². The lowest BCUT2D eigenvalue weighted by molar-refractivity contribution is -0.137. The van der Waals surface area contributed by atoms with Crippen molar-refractivity contribution < 1.29 is 13.2 Å². The number of hydrogen-bond acceptors (Lipinski definition) is 0. The molecule has 0 aliphatic carbocycles. The van der Waals surface area contributed by atoms with Gasteiger partial charge in [-0.15, -0.1) is 0 Å². The third-order valence-electron chi connectivity index (χ3n) is 4.31. The van der Waals surface area contributed by atoms with Crippen molar-refractivity contribution in [2.24, 2.45) is 0 Å². The molecule has 4 heteroatoms. The first kappa shape index (κ1) is 17.6. The van der Waals surface area contributed by atoms with Gasteiger partial charge in [0.25, 0.3) is 0 Å². The number of rotatable bonds is 4. The van der Waals surface area contributed by atoms with Gasteiger partial charge < -0.3 is 0 Å². The van der Waals surface area contributed by atoms with Gasteiger partial charge in [0.2, 0.25) is 0 Å². The van der Waals surface area contributed by atoms with Crippen LogP contribution in [-0.2, 0) is 6.18 Å². The molecule has 0 saturated carbocycles. The molecule has 130 valence electrons. The SMILES string of the molecule is CCS(c1ccccc1)(c1ccccc1)c1ccc(C(F)(F)F)cc1. The quantitative estimate of drug-likeness (QED) is 0.469. The highest BCUT2D eigenvalue weighted by atomic mass is 32.3. The Bertz CT molecular complexity index is 770. The average Bonchev–Trinajstić information content (AvgIpc) is 2.64. The largest absolute Gasteiger partial charge is 0.416 e. The number of benzene rings is 3. The summed E-state index contributed by atoms with van der Waals surface area (Å²) in [6.45, 7) is 2.10. The predicted molar refractivity (Wildman–Crippen MR) is 97.3 cm³/mol. The van der Waals surface area contributed by atoms with Gasteiger partial charge in [0.1, 0.15) is 0 Å². The van der Waals surface area contributed by atoms with E-state index in [2.05, 4.69) is 31.2 Å². The van der Waals surface area contributed by atoms with Crippen LogP contribution in [0.25, 0.3) is 0 Å². The Kier molecular flexibility index (Phi) is 4.91. The molecule has 0 atom stereocenters. The van der Waals surface area contributed by atoms with Crippen LogP contribution in [0.15, 0.2) is 99.6 Å². The Morgan fingerprint density at radius 2 is 1.04 bits per heavy atom. The minimum atomic E-state index is -4.32. The Hall–Kier alpha value is -2.20. The second-order valence-corrected chi connectivity index (χ2v) is 9.15. The van der Waals surface area contributed by atoms with Crippen LogP contribution in [0.4, 0.5) is 13.2 Å². The number of hydrogen-bond donors (Lipinski definition) is 0. The minimum Gasteiger partial charge on any atom is -0.166 e. The molecule has 0 heterocycles. The van der Waals surface area contributed by atoms with Gasteiger partial charge in [-0.25, -0.2) is 0 Å². The fourth-order valence-corrected chi connectivity index (χ4v) is 6.75.